The second-order valence-corrected chi connectivity index (χ2v) is 9.91. The molecular weight excluding hydrogens is 410 g/mol. The second-order valence-electron chi connectivity index (χ2n) is 8.20. The van der Waals surface area contributed by atoms with Gasteiger partial charge in [0, 0.05) is 24.4 Å². The van der Waals surface area contributed by atoms with Crippen LogP contribution in [0.5, 0.6) is 0 Å². The summed E-state index contributed by atoms with van der Waals surface area (Å²) >= 11 is 0. The number of nitrogens with one attached hydrogen (secondary N) is 2. The Balaban J connectivity index is 1.33. The van der Waals surface area contributed by atoms with Crippen molar-refractivity contribution in [1.82, 2.24) is 15.0 Å². The van der Waals surface area contributed by atoms with Gasteiger partial charge in [-0.05, 0) is 67.1 Å². The first kappa shape index (κ1) is 21.5. The van der Waals surface area contributed by atoms with Crippen molar-refractivity contribution in [3.63, 3.8) is 0 Å². The van der Waals surface area contributed by atoms with Gasteiger partial charge in [0.15, 0.2) is 0 Å². The molecule has 2 aromatic carbocycles. The fraction of sp³-hybridized carbons (Fsp3) is 0.333. The number of sulfonamides is 1. The highest BCUT2D eigenvalue weighted by atomic mass is 32.2. The summed E-state index contributed by atoms with van der Waals surface area (Å²) < 4.78 is 28.6. The van der Waals surface area contributed by atoms with Crippen molar-refractivity contribution in [3.05, 3.63) is 72.6 Å². The van der Waals surface area contributed by atoms with E-state index in [0.717, 1.165) is 16.3 Å². The number of benzene rings is 2. The van der Waals surface area contributed by atoms with Crippen LogP contribution < -0.4 is 10.0 Å². The number of nitrogens with zero attached hydrogens (tertiary/aromatic N) is 1. The van der Waals surface area contributed by atoms with Crippen LogP contribution in [0.25, 0.3) is 10.8 Å². The van der Waals surface area contributed by atoms with Crippen LogP contribution in [0.3, 0.4) is 0 Å². The molecule has 1 atom stereocenters. The first-order chi connectivity index (χ1) is 14.9. The maximum Gasteiger partial charge on any atom is 0.240 e. The molecule has 0 bridgehead atoms. The third kappa shape index (κ3) is 5.11. The van der Waals surface area contributed by atoms with Gasteiger partial charge in [0.2, 0.25) is 15.9 Å². The minimum atomic E-state index is -3.60. The molecule has 1 saturated carbocycles. The Morgan fingerprint density at radius 1 is 1.00 bits per heavy atom. The number of rotatable bonds is 6. The largest absolute Gasteiger partial charge is 0.349 e. The van der Waals surface area contributed by atoms with Crippen LogP contribution >= 0.6 is 0 Å². The SMILES string of the molecule is C[C@@H](NC(=O)C1CCC(NS(=O)(=O)c2ccc3ccccc3c2)CC1)c1cccnc1. The molecule has 1 aromatic heterocycles. The van der Waals surface area contributed by atoms with E-state index in [1.54, 1.807) is 24.5 Å². The lowest BCUT2D eigenvalue weighted by molar-refractivity contribution is -0.126. The summed E-state index contributed by atoms with van der Waals surface area (Å²) in [6.45, 7) is 1.94. The van der Waals surface area contributed by atoms with Crippen LogP contribution in [-0.4, -0.2) is 25.4 Å². The first-order valence-electron chi connectivity index (χ1n) is 10.6. The third-order valence-electron chi connectivity index (χ3n) is 5.99. The molecule has 6 nitrogen and oxygen atoms in total. The van der Waals surface area contributed by atoms with Crippen molar-refractivity contribution in [2.45, 2.75) is 49.6 Å². The molecule has 2 N–H and O–H groups in total. The highest BCUT2D eigenvalue weighted by Crippen LogP contribution is 2.27. The van der Waals surface area contributed by atoms with Crippen LogP contribution in [-0.2, 0) is 14.8 Å². The molecule has 1 aliphatic carbocycles. The van der Waals surface area contributed by atoms with Gasteiger partial charge in [0.25, 0.3) is 0 Å². The van der Waals surface area contributed by atoms with Crippen molar-refractivity contribution in [1.29, 1.82) is 0 Å². The zero-order valence-electron chi connectivity index (χ0n) is 17.5. The maximum atomic E-state index is 12.9. The number of pyridine rings is 1. The normalized spacial score (nSPS) is 20.3. The lowest BCUT2D eigenvalue weighted by Gasteiger charge is -2.29. The predicted octanol–water partition coefficient (Wildman–Crippen LogP) is 3.95. The number of hydrogen-bond acceptors (Lipinski definition) is 4. The molecule has 0 unspecified atom stereocenters. The van der Waals surface area contributed by atoms with Crippen molar-refractivity contribution in [2.75, 3.05) is 0 Å². The van der Waals surface area contributed by atoms with Gasteiger partial charge in [-0.25, -0.2) is 13.1 Å². The van der Waals surface area contributed by atoms with Gasteiger partial charge in [-0.1, -0.05) is 36.4 Å². The lowest BCUT2D eigenvalue weighted by atomic mass is 9.85. The minimum absolute atomic E-state index is 0.0205. The smallest absolute Gasteiger partial charge is 0.240 e. The summed E-state index contributed by atoms with van der Waals surface area (Å²) in [6.07, 6.45) is 6.08. The van der Waals surface area contributed by atoms with E-state index in [2.05, 4.69) is 15.0 Å². The molecule has 0 spiro atoms. The van der Waals surface area contributed by atoms with E-state index >= 15 is 0 Å². The predicted molar refractivity (Wildman–Crippen MR) is 121 cm³/mol. The Bertz CT molecular complexity index is 1160. The Morgan fingerprint density at radius 2 is 1.74 bits per heavy atom. The van der Waals surface area contributed by atoms with Gasteiger partial charge < -0.3 is 5.32 Å². The number of carbonyl (C=O) groups excluding carboxylic acids is 1. The average Bonchev–Trinajstić information content (AvgIpc) is 2.79. The zero-order valence-corrected chi connectivity index (χ0v) is 18.3. The summed E-state index contributed by atoms with van der Waals surface area (Å²) in [6, 6.07) is 16.4. The van der Waals surface area contributed by atoms with Gasteiger partial charge in [0.1, 0.15) is 0 Å². The Labute approximate surface area is 183 Å². The van der Waals surface area contributed by atoms with Crippen molar-refractivity contribution < 1.29 is 13.2 Å². The molecule has 3 aromatic rings. The fourth-order valence-electron chi connectivity index (χ4n) is 4.14. The summed E-state index contributed by atoms with van der Waals surface area (Å²) in [5.41, 5.74) is 0.965. The standard InChI is InChI=1S/C24H27N3O3S/c1-17(21-7-4-14-25-16-21)26-24(28)19-8-11-22(12-9-19)27-31(29,30)23-13-10-18-5-2-3-6-20(18)15-23/h2-7,10,13-17,19,22,27H,8-9,11-12H2,1H3,(H,26,28)/t17-,19?,22?/m1/s1. The van der Waals surface area contributed by atoms with E-state index in [-0.39, 0.29) is 28.8 Å². The molecule has 162 valence electrons. The molecule has 0 aliphatic heterocycles. The number of carbonyl (C=O) groups is 1. The van der Waals surface area contributed by atoms with Gasteiger partial charge in [0.05, 0.1) is 10.9 Å². The van der Waals surface area contributed by atoms with Crippen LogP contribution in [0.2, 0.25) is 0 Å². The fourth-order valence-corrected chi connectivity index (χ4v) is 5.48. The number of aromatic nitrogens is 1. The molecule has 4 rings (SSSR count). The molecule has 0 saturated heterocycles. The van der Waals surface area contributed by atoms with Gasteiger partial charge >= 0.3 is 0 Å². The topological polar surface area (TPSA) is 88.2 Å². The Morgan fingerprint density at radius 3 is 2.45 bits per heavy atom. The van der Waals surface area contributed by atoms with E-state index in [4.69, 9.17) is 0 Å². The summed E-state index contributed by atoms with van der Waals surface area (Å²) in [5.74, 6) is -0.0762. The molecule has 1 fully saturated rings. The van der Waals surface area contributed by atoms with E-state index in [1.165, 1.54) is 0 Å². The first-order valence-corrected chi connectivity index (χ1v) is 12.1. The summed E-state index contributed by atoms with van der Waals surface area (Å²) in [5, 5.41) is 4.96. The summed E-state index contributed by atoms with van der Waals surface area (Å²) in [4.78, 5) is 17.0. The van der Waals surface area contributed by atoms with Crippen molar-refractivity contribution >= 4 is 26.7 Å². The highest BCUT2D eigenvalue weighted by Gasteiger charge is 2.29. The quantitative estimate of drug-likeness (QED) is 0.611. The lowest BCUT2D eigenvalue weighted by Crippen LogP contribution is -2.41. The Hall–Kier alpha value is -2.77. The number of fused-ring (bicyclic) bond motifs is 1. The number of amides is 1. The van der Waals surface area contributed by atoms with Crippen LogP contribution in [0.4, 0.5) is 0 Å². The average molecular weight is 438 g/mol. The second kappa shape index (κ2) is 9.16. The highest BCUT2D eigenvalue weighted by molar-refractivity contribution is 7.89. The summed E-state index contributed by atoms with van der Waals surface area (Å²) in [7, 11) is -3.60. The molecular formula is C24H27N3O3S. The van der Waals surface area contributed by atoms with Crippen molar-refractivity contribution in [3.8, 4) is 0 Å². The monoisotopic (exact) mass is 437 g/mol. The van der Waals surface area contributed by atoms with E-state index in [0.29, 0.717) is 25.7 Å². The maximum absolute atomic E-state index is 12.9. The Kier molecular flexibility index (Phi) is 6.34. The number of hydrogen-bond donors (Lipinski definition) is 2. The molecule has 1 heterocycles. The van der Waals surface area contributed by atoms with Gasteiger partial charge in [-0.2, -0.15) is 0 Å². The van der Waals surface area contributed by atoms with Crippen molar-refractivity contribution in [2.24, 2.45) is 5.92 Å². The molecule has 0 radical (unpaired) electrons. The van der Waals surface area contributed by atoms with Crippen LogP contribution in [0, 0.1) is 5.92 Å². The molecule has 1 amide bonds. The van der Waals surface area contributed by atoms with Crippen LogP contribution in [0.15, 0.2) is 71.9 Å². The van der Waals surface area contributed by atoms with E-state index < -0.39 is 10.0 Å². The van der Waals surface area contributed by atoms with E-state index in [9.17, 15) is 13.2 Å². The molecule has 7 heteroatoms. The van der Waals surface area contributed by atoms with Gasteiger partial charge in [-0.15, -0.1) is 0 Å². The third-order valence-corrected chi connectivity index (χ3v) is 7.51. The minimum Gasteiger partial charge on any atom is -0.349 e. The van der Waals surface area contributed by atoms with E-state index in [1.807, 2.05) is 49.4 Å². The zero-order chi connectivity index (χ0) is 21.8. The molecule has 31 heavy (non-hydrogen) atoms. The molecule has 1 aliphatic rings. The van der Waals surface area contributed by atoms with Gasteiger partial charge in [-0.3, -0.25) is 9.78 Å². The van der Waals surface area contributed by atoms with Crippen LogP contribution in [0.1, 0.15) is 44.2 Å².